The van der Waals surface area contributed by atoms with Gasteiger partial charge in [-0.1, -0.05) is 0 Å². The Morgan fingerprint density at radius 1 is 1.25 bits per heavy atom. The zero-order valence-corrected chi connectivity index (χ0v) is 9.81. The quantitative estimate of drug-likeness (QED) is 0.838. The maximum atomic E-state index is 11.8. The Balaban J connectivity index is 2.64. The Morgan fingerprint density at radius 3 is 2.50 bits per heavy atom. The molecule has 0 aliphatic carbocycles. The summed E-state index contributed by atoms with van der Waals surface area (Å²) in [6.45, 7) is 0. The van der Waals surface area contributed by atoms with Crippen LogP contribution in [0.25, 0.3) is 5.69 Å². The van der Waals surface area contributed by atoms with Crippen molar-refractivity contribution in [3.63, 3.8) is 0 Å². The molecule has 2 aromatic rings. The molecule has 0 spiro atoms. The van der Waals surface area contributed by atoms with E-state index >= 15 is 0 Å². The summed E-state index contributed by atoms with van der Waals surface area (Å²) < 4.78 is 2.14. The van der Waals surface area contributed by atoms with E-state index in [4.69, 9.17) is 10.8 Å². The number of nitrogens with zero attached hydrogens (tertiary/aromatic N) is 1. The molecule has 0 bridgehead atoms. The van der Waals surface area contributed by atoms with Crippen LogP contribution in [-0.4, -0.2) is 9.67 Å². The van der Waals surface area contributed by atoms with Gasteiger partial charge in [-0.15, -0.1) is 0 Å². The number of phenols is 1. The van der Waals surface area contributed by atoms with Gasteiger partial charge in [-0.3, -0.25) is 9.36 Å². The van der Waals surface area contributed by atoms with Crippen LogP contribution in [0.4, 0.5) is 5.69 Å². The van der Waals surface area contributed by atoms with Crippen molar-refractivity contribution >= 4 is 21.6 Å². The summed E-state index contributed by atoms with van der Waals surface area (Å²) in [6, 6.07) is 7.86. The van der Waals surface area contributed by atoms with Gasteiger partial charge in [-0.25, -0.2) is 0 Å². The molecule has 16 heavy (non-hydrogen) atoms. The summed E-state index contributed by atoms with van der Waals surface area (Å²) in [7, 11) is 0. The van der Waals surface area contributed by atoms with Crippen LogP contribution in [0, 0.1) is 0 Å². The number of anilines is 1. The third kappa shape index (κ3) is 1.94. The first kappa shape index (κ1) is 10.8. The highest BCUT2D eigenvalue weighted by molar-refractivity contribution is 9.10. The molecule has 82 valence electrons. The highest BCUT2D eigenvalue weighted by atomic mass is 79.9. The molecule has 3 N–H and O–H groups in total. The molecule has 2 rings (SSSR count). The molecule has 0 fully saturated rings. The first-order valence-corrected chi connectivity index (χ1v) is 5.34. The van der Waals surface area contributed by atoms with E-state index < -0.39 is 0 Å². The Hall–Kier alpha value is -1.75. The average molecular weight is 281 g/mol. The van der Waals surface area contributed by atoms with Gasteiger partial charge in [0.25, 0.3) is 5.56 Å². The van der Waals surface area contributed by atoms with Crippen molar-refractivity contribution in [2.75, 3.05) is 5.73 Å². The van der Waals surface area contributed by atoms with Crippen LogP contribution < -0.4 is 11.3 Å². The van der Waals surface area contributed by atoms with Crippen LogP contribution in [0.1, 0.15) is 0 Å². The highest BCUT2D eigenvalue weighted by Crippen LogP contribution is 2.16. The van der Waals surface area contributed by atoms with E-state index in [1.807, 2.05) is 0 Å². The third-order valence-electron chi connectivity index (χ3n) is 2.14. The number of hydrogen-bond donors (Lipinski definition) is 2. The number of nitrogens with two attached hydrogens (primary N) is 1. The lowest BCUT2D eigenvalue weighted by Gasteiger charge is -2.07. The molecule has 0 amide bonds. The number of aromatic hydroxyl groups is 1. The molecule has 1 aromatic heterocycles. The van der Waals surface area contributed by atoms with Gasteiger partial charge in [-0.2, -0.15) is 0 Å². The molecule has 0 atom stereocenters. The minimum atomic E-state index is -0.283. The topological polar surface area (TPSA) is 68.2 Å². The van der Waals surface area contributed by atoms with Crippen LogP contribution >= 0.6 is 15.9 Å². The average Bonchev–Trinajstić information content (AvgIpc) is 2.25. The molecule has 0 saturated carbocycles. The molecular weight excluding hydrogens is 272 g/mol. The summed E-state index contributed by atoms with van der Waals surface area (Å²) >= 11 is 3.27. The van der Waals surface area contributed by atoms with Gasteiger partial charge in [0, 0.05) is 16.4 Å². The summed E-state index contributed by atoms with van der Waals surface area (Å²) in [4.78, 5) is 11.8. The number of aromatic nitrogens is 1. The largest absolute Gasteiger partial charge is 0.508 e. The van der Waals surface area contributed by atoms with Gasteiger partial charge in [0.2, 0.25) is 0 Å². The lowest BCUT2D eigenvalue weighted by atomic mass is 10.3. The fourth-order valence-corrected chi connectivity index (χ4v) is 1.83. The molecule has 0 saturated heterocycles. The monoisotopic (exact) mass is 280 g/mol. The summed E-state index contributed by atoms with van der Waals surface area (Å²) in [6.07, 6.45) is 1.63. The first-order valence-electron chi connectivity index (χ1n) is 4.55. The van der Waals surface area contributed by atoms with E-state index in [1.165, 1.54) is 16.7 Å². The molecule has 0 radical (unpaired) electrons. The number of benzene rings is 1. The Morgan fingerprint density at radius 2 is 1.88 bits per heavy atom. The SMILES string of the molecule is Nc1cc(Br)cn(-c2ccc(O)cc2)c1=O. The van der Waals surface area contributed by atoms with Crippen molar-refractivity contribution in [1.82, 2.24) is 4.57 Å². The fourth-order valence-electron chi connectivity index (χ4n) is 1.37. The van der Waals surface area contributed by atoms with Crippen molar-refractivity contribution < 1.29 is 5.11 Å². The van der Waals surface area contributed by atoms with E-state index in [2.05, 4.69) is 15.9 Å². The third-order valence-corrected chi connectivity index (χ3v) is 2.57. The second-order valence-corrected chi connectivity index (χ2v) is 4.22. The van der Waals surface area contributed by atoms with Crippen LogP contribution in [-0.2, 0) is 0 Å². The van der Waals surface area contributed by atoms with Crippen LogP contribution in [0.2, 0.25) is 0 Å². The Kier molecular flexibility index (Phi) is 2.70. The fraction of sp³-hybridized carbons (Fsp3) is 0. The number of rotatable bonds is 1. The minimum Gasteiger partial charge on any atom is -0.508 e. The first-order chi connectivity index (χ1) is 7.58. The number of phenolic OH excluding ortho intramolecular Hbond substituents is 1. The molecule has 0 aliphatic heterocycles. The Labute approximate surface area is 100 Å². The van der Waals surface area contributed by atoms with Crippen molar-refractivity contribution in [3.8, 4) is 11.4 Å². The van der Waals surface area contributed by atoms with Crippen LogP contribution in [0.5, 0.6) is 5.75 Å². The Bertz CT molecular complexity index is 576. The highest BCUT2D eigenvalue weighted by Gasteiger charge is 2.04. The van der Waals surface area contributed by atoms with Crippen molar-refractivity contribution in [1.29, 1.82) is 0 Å². The lowest BCUT2D eigenvalue weighted by Crippen LogP contribution is -2.20. The summed E-state index contributed by atoms with van der Waals surface area (Å²) in [5, 5.41) is 9.16. The minimum absolute atomic E-state index is 0.153. The summed E-state index contributed by atoms with van der Waals surface area (Å²) in [5.74, 6) is 0.153. The summed E-state index contributed by atoms with van der Waals surface area (Å²) in [5.41, 5.74) is 6.11. The molecule has 1 heterocycles. The van der Waals surface area contributed by atoms with Crippen LogP contribution in [0.15, 0.2) is 45.8 Å². The predicted octanol–water partition coefficient (Wildman–Crippen LogP) is 1.89. The van der Waals surface area contributed by atoms with E-state index in [0.29, 0.717) is 5.69 Å². The van der Waals surface area contributed by atoms with E-state index in [0.717, 1.165) is 4.47 Å². The van der Waals surface area contributed by atoms with Gasteiger partial charge in [-0.05, 0) is 46.3 Å². The molecule has 0 aliphatic rings. The van der Waals surface area contributed by atoms with E-state index in [-0.39, 0.29) is 17.0 Å². The van der Waals surface area contributed by atoms with Gasteiger partial charge in [0.05, 0.1) is 5.69 Å². The number of hydrogen-bond acceptors (Lipinski definition) is 3. The molecule has 1 aromatic carbocycles. The van der Waals surface area contributed by atoms with Crippen molar-refractivity contribution in [2.24, 2.45) is 0 Å². The molecule has 5 heteroatoms. The molecular formula is C11H9BrN2O2. The number of halogens is 1. The maximum Gasteiger partial charge on any atom is 0.278 e. The van der Waals surface area contributed by atoms with Gasteiger partial charge >= 0.3 is 0 Å². The predicted molar refractivity (Wildman–Crippen MR) is 65.8 cm³/mol. The second-order valence-electron chi connectivity index (χ2n) is 3.31. The van der Waals surface area contributed by atoms with Gasteiger partial charge in [0.1, 0.15) is 5.75 Å². The van der Waals surface area contributed by atoms with Crippen molar-refractivity contribution in [2.45, 2.75) is 0 Å². The number of nitrogen functional groups attached to an aromatic ring is 1. The zero-order chi connectivity index (χ0) is 11.7. The number of pyridine rings is 1. The smallest absolute Gasteiger partial charge is 0.278 e. The second kappa shape index (κ2) is 4.02. The standard InChI is InChI=1S/C11H9BrN2O2/c12-7-5-10(13)11(16)14(6-7)8-1-3-9(15)4-2-8/h1-6,15H,13H2. The van der Waals surface area contributed by atoms with E-state index in [1.54, 1.807) is 24.4 Å². The lowest BCUT2D eigenvalue weighted by molar-refractivity contribution is 0.475. The molecule has 0 unspecified atom stereocenters. The zero-order valence-electron chi connectivity index (χ0n) is 8.22. The molecule has 4 nitrogen and oxygen atoms in total. The van der Waals surface area contributed by atoms with E-state index in [9.17, 15) is 4.79 Å². The maximum absolute atomic E-state index is 11.8. The normalized spacial score (nSPS) is 10.3. The van der Waals surface area contributed by atoms with Crippen molar-refractivity contribution in [3.05, 3.63) is 51.4 Å². The van der Waals surface area contributed by atoms with Gasteiger partial charge in [0.15, 0.2) is 0 Å². The van der Waals surface area contributed by atoms with Gasteiger partial charge < -0.3 is 10.8 Å². The van der Waals surface area contributed by atoms with Crippen LogP contribution in [0.3, 0.4) is 0 Å².